The first-order chi connectivity index (χ1) is 10.1. The molecule has 0 atom stereocenters. The first kappa shape index (κ1) is 15.0. The molecule has 0 radical (unpaired) electrons. The van der Waals surface area contributed by atoms with Gasteiger partial charge in [-0.15, -0.1) is 0 Å². The number of benzene rings is 2. The molecular formula is C17H19FN2O. The van der Waals surface area contributed by atoms with E-state index in [1.165, 1.54) is 12.1 Å². The molecule has 0 aliphatic rings. The number of hydrogen-bond donors (Lipinski definition) is 2. The molecule has 2 aromatic rings. The summed E-state index contributed by atoms with van der Waals surface area (Å²) >= 11 is 0. The zero-order chi connectivity index (χ0) is 15.2. The minimum Gasteiger partial charge on any atom is -0.384 e. The summed E-state index contributed by atoms with van der Waals surface area (Å²) in [4.78, 5) is 11.8. The molecule has 0 fully saturated rings. The molecule has 0 aliphatic heterocycles. The quantitative estimate of drug-likeness (QED) is 0.875. The lowest BCUT2D eigenvalue weighted by Crippen LogP contribution is -2.16. The van der Waals surface area contributed by atoms with E-state index in [2.05, 4.69) is 10.6 Å². The fraction of sp³-hybridized carbons (Fsp3) is 0.235. The second kappa shape index (κ2) is 6.88. The summed E-state index contributed by atoms with van der Waals surface area (Å²) in [6.45, 7) is 4.63. The van der Waals surface area contributed by atoms with Gasteiger partial charge < -0.3 is 10.6 Å². The summed E-state index contributed by atoms with van der Waals surface area (Å²) in [5.41, 5.74) is 4.00. The number of hydrogen-bond acceptors (Lipinski definition) is 2. The molecule has 2 N–H and O–H groups in total. The van der Waals surface area contributed by atoms with Gasteiger partial charge in [-0.1, -0.05) is 18.2 Å². The van der Waals surface area contributed by atoms with Crippen molar-refractivity contribution >= 4 is 17.3 Å². The van der Waals surface area contributed by atoms with Gasteiger partial charge in [-0.25, -0.2) is 4.39 Å². The maximum atomic E-state index is 12.8. The highest BCUT2D eigenvalue weighted by Gasteiger charge is 2.05. The van der Waals surface area contributed by atoms with Crippen molar-refractivity contribution in [2.24, 2.45) is 0 Å². The standard InChI is InChI=1S/C17H19FN2O/c1-12-4-3-5-13(2)17(12)19-11-10-16(21)20-15-8-6-14(18)7-9-15/h3-9,19H,10-11H2,1-2H3,(H,20,21). The molecule has 3 nitrogen and oxygen atoms in total. The first-order valence-corrected chi connectivity index (χ1v) is 6.92. The van der Waals surface area contributed by atoms with Crippen molar-refractivity contribution in [3.05, 3.63) is 59.4 Å². The van der Waals surface area contributed by atoms with Gasteiger partial charge in [-0.2, -0.15) is 0 Å². The maximum absolute atomic E-state index is 12.8. The third-order valence-electron chi connectivity index (χ3n) is 3.26. The number of carbonyl (C=O) groups excluding carboxylic acids is 1. The monoisotopic (exact) mass is 286 g/mol. The Morgan fingerprint density at radius 1 is 1.05 bits per heavy atom. The lowest BCUT2D eigenvalue weighted by molar-refractivity contribution is -0.115. The second-order valence-electron chi connectivity index (χ2n) is 5.00. The Bertz CT molecular complexity index is 603. The molecule has 0 bridgehead atoms. The molecule has 0 unspecified atom stereocenters. The Morgan fingerprint density at radius 2 is 1.67 bits per heavy atom. The Kier molecular flexibility index (Phi) is 4.93. The van der Waals surface area contributed by atoms with E-state index in [1.54, 1.807) is 12.1 Å². The van der Waals surface area contributed by atoms with E-state index >= 15 is 0 Å². The van der Waals surface area contributed by atoms with Gasteiger partial charge in [0.2, 0.25) is 5.91 Å². The molecule has 4 heteroatoms. The Morgan fingerprint density at radius 3 is 2.29 bits per heavy atom. The van der Waals surface area contributed by atoms with Crippen molar-refractivity contribution in [1.29, 1.82) is 0 Å². The number of anilines is 2. The van der Waals surface area contributed by atoms with Crippen molar-refractivity contribution in [1.82, 2.24) is 0 Å². The van der Waals surface area contributed by atoms with Gasteiger partial charge in [-0.3, -0.25) is 4.79 Å². The molecule has 0 aliphatic carbocycles. The van der Waals surface area contributed by atoms with Crippen LogP contribution in [0.5, 0.6) is 0 Å². The van der Waals surface area contributed by atoms with Gasteiger partial charge in [0.25, 0.3) is 0 Å². The molecule has 0 aromatic heterocycles. The molecule has 0 saturated carbocycles. The molecule has 21 heavy (non-hydrogen) atoms. The number of carbonyl (C=O) groups is 1. The van der Waals surface area contributed by atoms with Gasteiger partial charge in [0.15, 0.2) is 0 Å². The van der Waals surface area contributed by atoms with Crippen LogP contribution in [0.25, 0.3) is 0 Å². The summed E-state index contributed by atoms with van der Waals surface area (Å²) in [6, 6.07) is 11.8. The van der Waals surface area contributed by atoms with E-state index in [0.717, 1.165) is 16.8 Å². The molecule has 110 valence electrons. The SMILES string of the molecule is Cc1cccc(C)c1NCCC(=O)Nc1ccc(F)cc1. The van der Waals surface area contributed by atoms with Crippen LogP contribution in [0.1, 0.15) is 17.5 Å². The molecule has 0 saturated heterocycles. The third kappa shape index (κ3) is 4.31. The van der Waals surface area contributed by atoms with E-state index in [0.29, 0.717) is 18.7 Å². The number of halogens is 1. The minimum atomic E-state index is -0.315. The van der Waals surface area contributed by atoms with E-state index in [9.17, 15) is 9.18 Å². The second-order valence-corrected chi connectivity index (χ2v) is 5.00. The van der Waals surface area contributed by atoms with Crippen LogP contribution in [0.2, 0.25) is 0 Å². The number of amides is 1. The van der Waals surface area contributed by atoms with Crippen LogP contribution < -0.4 is 10.6 Å². The largest absolute Gasteiger partial charge is 0.384 e. The van der Waals surface area contributed by atoms with Crippen molar-refractivity contribution in [3.8, 4) is 0 Å². The van der Waals surface area contributed by atoms with Crippen molar-refractivity contribution < 1.29 is 9.18 Å². The highest BCUT2D eigenvalue weighted by Crippen LogP contribution is 2.19. The number of nitrogens with one attached hydrogen (secondary N) is 2. The van der Waals surface area contributed by atoms with Gasteiger partial charge in [0.05, 0.1) is 0 Å². The lowest BCUT2D eigenvalue weighted by atomic mass is 10.1. The lowest BCUT2D eigenvalue weighted by Gasteiger charge is -2.12. The van der Waals surface area contributed by atoms with Crippen molar-refractivity contribution in [3.63, 3.8) is 0 Å². The Labute approximate surface area is 124 Å². The Balaban J connectivity index is 1.83. The zero-order valence-electron chi connectivity index (χ0n) is 12.2. The molecule has 2 rings (SSSR count). The maximum Gasteiger partial charge on any atom is 0.226 e. The van der Waals surface area contributed by atoms with E-state index < -0.39 is 0 Å². The van der Waals surface area contributed by atoms with Crippen LogP contribution in [-0.4, -0.2) is 12.5 Å². The summed E-state index contributed by atoms with van der Waals surface area (Å²) < 4.78 is 12.8. The topological polar surface area (TPSA) is 41.1 Å². The van der Waals surface area contributed by atoms with E-state index in [4.69, 9.17) is 0 Å². The van der Waals surface area contributed by atoms with Crippen LogP contribution in [0.3, 0.4) is 0 Å². The smallest absolute Gasteiger partial charge is 0.226 e. The Hall–Kier alpha value is -2.36. The molecule has 2 aromatic carbocycles. The normalized spacial score (nSPS) is 10.2. The fourth-order valence-corrected chi connectivity index (χ4v) is 2.15. The summed E-state index contributed by atoms with van der Waals surface area (Å²) in [5.74, 6) is -0.412. The average Bonchev–Trinajstić information content (AvgIpc) is 2.45. The van der Waals surface area contributed by atoms with Crippen LogP contribution in [-0.2, 0) is 4.79 Å². The van der Waals surface area contributed by atoms with Crippen LogP contribution >= 0.6 is 0 Å². The first-order valence-electron chi connectivity index (χ1n) is 6.92. The molecular weight excluding hydrogens is 267 g/mol. The molecule has 0 heterocycles. The minimum absolute atomic E-state index is 0.0969. The van der Waals surface area contributed by atoms with Crippen LogP contribution in [0.4, 0.5) is 15.8 Å². The molecule has 0 spiro atoms. The summed E-state index contributed by atoms with van der Waals surface area (Å²) in [5, 5.41) is 6.03. The van der Waals surface area contributed by atoms with Crippen LogP contribution in [0.15, 0.2) is 42.5 Å². The van der Waals surface area contributed by atoms with E-state index in [-0.39, 0.29) is 11.7 Å². The summed E-state index contributed by atoms with van der Waals surface area (Å²) in [7, 11) is 0. The van der Waals surface area contributed by atoms with Crippen molar-refractivity contribution in [2.75, 3.05) is 17.2 Å². The predicted octanol–water partition coefficient (Wildman–Crippen LogP) is 3.88. The number of para-hydroxylation sites is 1. The zero-order valence-corrected chi connectivity index (χ0v) is 12.2. The predicted molar refractivity (Wildman–Crippen MR) is 84.1 cm³/mol. The summed E-state index contributed by atoms with van der Waals surface area (Å²) in [6.07, 6.45) is 0.352. The van der Waals surface area contributed by atoms with Crippen molar-refractivity contribution in [2.45, 2.75) is 20.3 Å². The van der Waals surface area contributed by atoms with Crippen LogP contribution in [0, 0.1) is 19.7 Å². The highest BCUT2D eigenvalue weighted by molar-refractivity contribution is 5.90. The van der Waals surface area contributed by atoms with Gasteiger partial charge in [0.1, 0.15) is 5.82 Å². The highest BCUT2D eigenvalue weighted by atomic mass is 19.1. The van der Waals surface area contributed by atoms with Gasteiger partial charge >= 0.3 is 0 Å². The molecule has 1 amide bonds. The fourth-order valence-electron chi connectivity index (χ4n) is 2.15. The average molecular weight is 286 g/mol. The number of rotatable bonds is 5. The van der Waals surface area contributed by atoms with Gasteiger partial charge in [0, 0.05) is 24.3 Å². The third-order valence-corrected chi connectivity index (χ3v) is 3.26. The van der Waals surface area contributed by atoms with E-state index in [1.807, 2.05) is 32.0 Å². The number of aryl methyl sites for hydroxylation is 2. The van der Waals surface area contributed by atoms with Gasteiger partial charge in [-0.05, 0) is 49.2 Å².